The van der Waals surface area contributed by atoms with Gasteiger partial charge in [-0.1, -0.05) is 85.6 Å². The second kappa shape index (κ2) is 20.4. The van der Waals surface area contributed by atoms with Crippen LogP contribution in [0.1, 0.15) is 149 Å². The molecule has 2 rings (SSSR count). The van der Waals surface area contributed by atoms with Crippen molar-refractivity contribution in [3.63, 3.8) is 0 Å². The first-order valence-corrected chi connectivity index (χ1v) is 17.6. The summed E-state index contributed by atoms with van der Waals surface area (Å²) >= 11 is 0. The van der Waals surface area contributed by atoms with E-state index in [0.29, 0.717) is 17.6 Å². The molecule has 0 fully saturated rings. The highest BCUT2D eigenvalue weighted by molar-refractivity contribution is 5.98. The van der Waals surface area contributed by atoms with Crippen molar-refractivity contribution in [1.82, 2.24) is 4.90 Å². The lowest BCUT2D eigenvalue weighted by molar-refractivity contribution is -0.123. The third-order valence-corrected chi connectivity index (χ3v) is 8.54. The van der Waals surface area contributed by atoms with Crippen LogP contribution in [0, 0.1) is 16.7 Å². The number of aliphatic imine (C=N–C) groups is 1. The number of carbonyl (C=O) groups is 2. The minimum atomic E-state index is -0.313. The Morgan fingerprint density at radius 3 is 1.83 bits per heavy atom. The van der Waals surface area contributed by atoms with Gasteiger partial charge in [0.2, 0.25) is 6.41 Å². The third kappa shape index (κ3) is 16.1. The van der Waals surface area contributed by atoms with Crippen LogP contribution in [0.15, 0.2) is 53.5 Å². The van der Waals surface area contributed by atoms with Crippen molar-refractivity contribution in [2.24, 2.45) is 21.7 Å². The quantitative estimate of drug-likeness (QED) is 0.126. The highest BCUT2D eigenvalue weighted by Crippen LogP contribution is 2.37. The molecule has 0 aliphatic heterocycles. The highest BCUT2D eigenvalue weighted by atomic mass is 16.5. The molecule has 0 bridgehead atoms. The number of nitrogens with zero attached hydrogens (tertiary/aromatic N) is 2. The van der Waals surface area contributed by atoms with Gasteiger partial charge < -0.3 is 14.4 Å². The second-order valence-electron chi connectivity index (χ2n) is 15.6. The maximum Gasteiger partial charge on any atom is 0.211 e. The fourth-order valence-corrected chi connectivity index (χ4v) is 5.54. The van der Waals surface area contributed by atoms with E-state index in [4.69, 9.17) is 14.5 Å². The number of rotatable bonds is 17. The average Bonchev–Trinajstić information content (AvgIpc) is 3.00. The molecular weight excluding hydrogens is 584 g/mol. The van der Waals surface area contributed by atoms with E-state index in [2.05, 4.69) is 48.5 Å². The first-order valence-electron chi connectivity index (χ1n) is 17.6. The van der Waals surface area contributed by atoms with Gasteiger partial charge in [0, 0.05) is 18.4 Å². The Morgan fingerprint density at radius 2 is 1.40 bits per heavy atom. The summed E-state index contributed by atoms with van der Waals surface area (Å²) in [5.41, 5.74) is 3.87. The van der Waals surface area contributed by atoms with Gasteiger partial charge in [-0.05, 0) is 112 Å². The highest BCUT2D eigenvalue weighted by Gasteiger charge is 2.30. The topological polar surface area (TPSA) is 68.2 Å². The molecule has 0 radical (unpaired) electrons. The van der Waals surface area contributed by atoms with Gasteiger partial charge in [-0.3, -0.25) is 14.6 Å². The predicted octanol–water partition coefficient (Wildman–Crippen LogP) is 10.7. The average molecular weight is 651 g/mol. The van der Waals surface area contributed by atoms with Crippen molar-refractivity contribution < 1.29 is 19.1 Å². The zero-order valence-corrected chi connectivity index (χ0v) is 31.9. The molecule has 0 N–H and O–H groups in total. The van der Waals surface area contributed by atoms with Gasteiger partial charge in [0.15, 0.2) is 0 Å². The van der Waals surface area contributed by atoms with Crippen LogP contribution >= 0.6 is 0 Å². The molecule has 2 aromatic rings. The van der Waals surface area contributed by atoms with E-state index in [1.165, 1.54) is 0 Å². The smallest absolute Gasteiger partial charge is 0.211 e. The van der Waals surface area contributed by atoms with Gasteiger partial charge >= 0.3 is 0 Å². The summed E-state index contributed by atoms with van der Waals surface area (Å²) in [6.45, 7) is 26.0. The Morgan fingerprint density at radius 1 is 0.830 bits per heavy atom. The normalized spacial score (nSPS) is 14.2. The Hall–Kier alpha value is -2.99. The maximum atomic E-state index is 13.0. The summed E-state index contributed by atoms with van der Waals surface area (Å²) in [5.74, 6) is 1.36. The van der Waals surface area contributed by atoms with Gasteiger partial charge in [-0.2, -0.15) is 0 Å². The van der Waals surface area contributed by atoms with E-state index < -0.39 is 0 Å². The number of methoxy groups -OCH3 is 1. The summed E-state index contributed by atoms with van der Waals surface area (Å²) in [5, 5.41) is 0. The van der Waals surface area contributed by atoms with Gasteiger partial charge in [0.25, 0.3) is 0 Å². The van der Waals surface area contributed by atoms with Gasteiger partial charge in [-0.25, -0.2) is 0 Å². The van der Waals surface area contributed by atoms with Crippen LogP contribution in [0.4, 0.5) is 0 Å². The van der Waals surface area contributed by atoms with Crippen molar-refractivity contribution in [3.8, 4) is 5.75 Å². The maximum absolute atomic E-state index is 13.0. The third-order valence-electron chi connectivity index (χ3n) is 8.54. The minimum absolute atomic E-state index is 0.112. The van der Waals surface area contributed by atoms with E-state index in [1.54, 1.807) is 7.11 Å². The van der Waals surface area contributed by atoms with E-state index in [1.807, 2.05) is 88.0 Å². The molecule has 0 aliphatic carbocycles. The standard InChI is InChI=1S/C37H56N2O3.C4H10O/c1-11-12-32(37(8,9)10)19-22-35(38-28(4)30-17-20-33(21-18-30)42-27(2)3)39(26-41)34(23-24-36(5,6)7)31-15-13-29(25-40)14-16-31;1-4(2)5-3/h13-18,20-21,25-27,32,34-35H,11-12,19,22-24H2,1-10H3;4H,1-3H3/b38-28+;. The molecule has 3 atom stereocenters. The number of amides is 1. The van der Waals surface area contributed by atoms with E-state index in [-0.39, 0.29) is 29.1 Å². The zero-order chi connectivity index (χ0) is 35.8. The van der Waals surface area contributed by atoms with E-state index >= 15 is 0 Å². The van der Waals surface area contributed by atoms with Crippen molar-refractivity contribution in [1.29, 1.82) is 0 Å². The van der Waals surface area contributed by atoms with Gasteiger partial charge in [0.1, 0.15) is 18.2 Å². The first kappa shape index (κ1) is 42.0. The molecule has 0 heterocycles. The fourth-order valence-electron chi connectivity index (χ4n) is 5.54. The summed E-state index contributed by atoms with van der Waals surface area (Å²) in [6, 6.07) is 15.6. The number of hydrogen-bond donors (Lipinski definition) is 0. The van der Waals surface area contributed by atoms with Crippen LogP contribution < -0.4 is 4.74 Å². The Labute approximate surface area is 287 Å². The Kier molecular flexibility index (Phi) is 18.2. The molecule has 6 nitrogen and oxygen atoms in total. The van der Waals surface area contributed by atoms with Crippen LogP contribution in [-0.2, 0) is 9.53 Å². The summed E-state index contributed by atoms with van der Waals surface area (Å²) < 4.78 is 10.6. The molecule has 3 unspecified atom stereocenters. The molecule has 47 heavy (non-hydrogen) atoms. The lowest BCUT2D eigenvalue weighted by Crippen LogP contribution is -2.38. The molecule has 2 aromatic carbocycles. The fraction of sp³-hybridized carbons (Fsp3) is 0.634. The van der Waals surface area contributed by atoms with Crippen LogP contribution in [0.25, 0.3) is 0 Å². The summed E-state index contributed by atoms with van der Waals surface area (Å²) in [6.07, 6.45) is 7.85. The van der Waals surface area contributed by atoms with Crippen LogP contribution in [-0.4, -0.2) is 48.8 Å². The molecule has 0 aliphatic rings. The number of carbonyl (C=O) groups excluding carboxylic acids is 2. The van der Waals surface area contributed by atoms with Crippen molar-refractivity contribution in [2.75, 3.05) is 7.11 Å². The number of aldehydes is 1. The molecular formula is C41H66N2O4. The number of hydrogen-bond acceptors (Lipinski definition) is 5. The lowest BCUT2D eigenvalue weighted by Gasteiger charge is -2.37. The molecule has 264 valence electrons. The van der Waals surface area contributed by atoms with Gasteiger partial charge in [-0.15, -0.1) is 0 Å². The lowest BCUT2D eigenvalue weighted by atomic mass is 9.75. The summed E-state index contributed by atoms with van der Waals surface area (Å²) in [7, 11) is 1.70. The van der Waals surface area contributed by atoms with E-state index in [9.17, 15) is 9.59 Å². The van der Waals surface area contributed by atoms with Gasteiger partial charge in [0.05, 0.1) is 18.2 Å². The van der Waals surface area contributed by atoms with E-state index in [0.717, 1.165) is 73.8 Å². The molecule has 0 spiro atoms. The molecule has 0 aromatic heterocycles. The number of ether oxygens (including phenoxy) is 2. The second-order valence-corrected chi connectivity index (χ2v) is 15.6. The van der Waals surface area contributed by atoms with Crippen LogP contribution in [0.5, 0.6) is 5.75 Å². The Balaban J connectivity index is 0.00000204. The number of benzene rings is 2. The zero-order valence-electron chi connectivity index (χ0n) is 31.9. The predicted molar refractivity (Wildman–Crippen MR) is 199 cm³/mol. The molecule has 0 saturated heterocycles. The van der Waals surface area contributed by atoms with Crippen molar-refractivity contribution in [2.45, 2.75) is 146 Å². The summed E-state index contributed by atoms with van der Waals surface area (Å²) in [4.78, 5) is 31.6. The first-order chi connectivity index (χ1) is 21.9. The minimum Gasteiger partial charge on any atom is -0.491 e. The van der Waals surface area contributed by atoms with Crippen LogP contribution in [0.3, 0.4) is 0 Å². The largest absolute Gasteiger partial charge is 0.491 e. The Bertz CT molecular complexity index is 1190. The SMILES string of the molecule is CCCC(CCC(/N=C(\C)c1ccc(OC(C)C)cc1)N(C=O)C(CCC(C)(C)C)c1ccc(C=O)cc1)C(C)(C)C.COC(C)C. The molecule has 1 amide bonds. The van der Waals surface area contributed by atoms with Crippen molar-refractivity contribution >= 4 is 18.4 Å². The molecule has 6 heteroatoms. The molecule has 0 saturated carbocycles. The monoisotopic (exact) mass is 651 g/mol. The van der Waals surface area contributed by atoms with Crippen LogP contribution in [0.2, 0.25) is 0 Å². The van der Waals surface area contributed by atoms with Crippen molar-refractivity contribution in [3.05, 3.63) is 65.2 Å².